The van der Waals surface area contributed by atoms with Gasteiger partial charge >= 0.3 is 0 Å². The number of halogens is 4. The molecule has 5 nitrogen and oxygen atoms in total. The summed E-state index contributed by atoms with van der Waals surface area (Å²) in [5.41, 5.74) is 1.39. The molecule has 0 fully saturated rings. The average Bonchev–Trinajstić information content (AvgIpc) is 2.81. The summed E-state index contributed by atoms with van der Waals surface area (Å²) in [5, 5.41) is 13.6. The molecular formula is C25H18Cl4N2O3. The van der Waals surface area contributed by atoms with Crippen LogP contribution in [0.1, 0.15) is 18.1 Å². The molecule has 0 bridgehead atoms. The maximum Gasteiger partial charge on any atom is 0.266 e. The van der Waals surface area contributed by atoms with Gasteiger partial charge in [0, 0.05) is 15.6 Å². The van der Waals surface area contributed by atoms with Gasteiger partial charge in [-0.05, 0) is 55.0 Å². The van der Waals surface area contributed by atoms with E-state index in [0.29, 0.717) is 45.0 Å². The lowest BCUT2D eigenvalue weighted by Gasteiger charge is -2.14. The normalized spacial score (nSPS) is 11.0. The highest BCUT2D eigenvalue weighted by atomic mass is 35.5. The molecule has 3 aromatic rings. The summed E-state index contributed by atoms with van der Waals surface area (Å²) >= 11 is 24.5. The first-order chi connectivity index (χ1) is 16.3. The number of nitrogens with one attached hydrogen (secondary N) is 1. The van der Waals surface area contributed by atoms with Gasteiger partial charge in [0.25, 0.3) is 5.91 Å². The zero-order chi connectivity index (χ0) is 24.7. The van der Waals surface area contributed by atoms with E-state index in [9.17, 15) is 10.1 Å². The largest absolute Gasteiger partial charge is 0.490 e. The molecule has 1 amide bonds. The summed E-state index contributed by atoms with van der Waals surface area (Å²) in [5.74, 6) is 0.275. The van der Waals surface area contributed by atoms with E-state index in [1.54, 1.807) is 54.6 Å². The molecule has 0 heterocycles. The summed E-state index contributed by atoms with van der Waals surface area (Å²) < 4.78 is 11.6. The lowest BCUT2D eigenvalue weighted by molar-refractivity contribution is -0.112. The Hall–Kier alpha value is -2.88. The number of rotatable bonds is 8. The maximum absolute atomic E-state index is 12.6. The molecule has 0 saturated heterocycles. The minimum Gasteiger partial charge on any atom is -0.490 e. The SMILES string of the molecule is CCOc1cc(/C=C(\C#N)C(=O)Nc2cccc(Cl)c2Cl)ccc1OCc1c(Cl)cccc1Cl. The van der Waals surface area contributed by atoms with Crippen molar-refractivity contribution in [1.82, 2.24) is 0 Å². The van der Waals surface area contributed by atoms with Crippen LogP contribution in [0.4, 0.5) is 5.69 Å². The van der Waals surface area contributed by atoms with Gasteiger partial charge in [0.15, 0.2) is 11.5 Å². The fourth-order valence-corrected chi connectivity index (χ4v) is 3.78. The Morgan fingerprint density at radius 1 is 0.971 bits per heavy atom. The standard InChI is InChI=1S/C25H18Cl4N2O3/c1-2-33-23-12-15(9-10-22(23)34-14-17-18(26)5-3-6-19(17)27)11-16(13-30)25(32)31-21-8-4-7-20(28)24(21)29/h3-12H,2,14H2,1H3,(H,31,32)/b16-11+. The predicted molar refractivity (Wildman–Crippen MR) is 137 cm³/mol. The third kappa shape index (κ3) is 6.37. The molecule has 0 spiro atoms. The third-order valence-corrected chi connectivity index (χ3v) is 6.10. The Kier molecular flexibility index (Phi) is 9.09. The van der Waals surface area contributed by atoms with Crippen LogP contribution < -0.4 is 14.8 Å². The maximum atomic E-state index is 12.6. The van der Waals surface area contributed by atoms with Crippen LogP contribution in [0.2, 0.25) is 20.1 Å². The minimum absolute atomic E-state index is 0.130. The second-order valence-electron chi connectivity index (χ2n) is 6.85. The monoisotopic (exact) mass is 534 g/mol. The summed E-state index contributed by atoms with van der Waals surface area (Å²) in [6.07, 6.45) is 1.44. The molecule has 3 rings (SSSR count). The quantitative estimate of drug-likeness (QED) is 0.235. The summed E-state index contributed by atoms with van der Waals surface area (Å²) in [6.45, 7) is 2.36. The van der Waals surface area contributed by atoms with Crippen molar-refractivity contribution in [3.8, 4) is 17.6 Å². The zero-order valence-electron chi connectivity index (χ0n) is 17.9. The summed E-state index contributed by atoms with van der Waals surface area (Å²) in [4.78, 5) is 12.6. The molecule has 1 N–H and O–H groups in total. The van der Waals surface area contributed by atoms with Gasteiger partial charge in [-0.3, -0.25) is 4.79 Å². The molecule has 0 aliphatic rings. The van der Waals surface area contributed by atoms with Gasteiger partial charge in [-0.25, -0.2) is 0 Å². The van der Waals surface area contributed by atoms with E-state index in [2.05, 4.69) is 5.32 Å². The molecule has 34 heavy (non-hydrogen) atoms. The fraction of sp³-hybridized carbons (Fsp3) is 0.120. The van der Waals surface area contributed by atoms with Crippen molar-refractivity contribution < 1.29 is 14.3 Å². The molecule has 0 unspecified atom stereocenters. The van der Waals surface area contributed by atoms with Crippen molar-refractivity contribution >= 4 is 64.1 Å². The third-order valence-electron chi connectivity index (χ3n) is 4.58. The number of ether oxygens (including phenoxy) is 2. The average molecular weight is 536 g/mol. The van der Waals surface area contributed by atoms with Gasteiger partial charge in [-0.1, -0.05) is 64.6 Å². The Balaban J connectivity index is 1.83. The minimum atomic E-state index is -0.627. The van der Waals surface area contributed by atoms with Crippen molar-refractivity contribution in [3.05, 3.63) is 91.4 Å². The molecule has 0 radical (unpaired) electrons. The van der Waals surface area contributed by atoms with Crippen LogP contribution in [0, 0.1) is 11.3 Å². The number of nitrogens with zero attached hydrogens (tertiary/aromatic N) is 1. The first kappa shape index (κ1) is 25.7. The van der Waals surface area contributed by atoms with Gasteiger partial charge in [0.1, 0.15) is 18.2 Å². The van der Waals surface area contributed by atoms with E-state index in [-0.39, 0.29) is 22.2 Å². The molecule has 0 saturated carbocycles. The first-order valence-corrected chi connectivity index (χ1v) is 11.5. The van der Waals surface area contributed by atoms with E-state index < -0.39 is 5.91 Å². The van der Waals surface area contributed by atoms with E-state index in [0.717, 1.165) is 0 Å². The van der Waals surface area contributed by atoms with E-state index in [4.69, 9.17) is 55.9 Å². The number of hydrogen-bond donors (Lipinski definition) is 1. The highest BCUT2D eigenvalue weighted by Gasteiger charge is 2.14. The van der Waals surface area contributed by atoms with Gasteiger partial charge in [0.2, 0.25) is 0 Å². The predicted octanol–water partition coefficient (Wildman–Crippen LogP) is 7.82. The molecule has 174 valence electrons. The molecule has 0 aliphatic heterocycles. The number of nitriles is 1. The van der Waals surface area contributed by atoms with Crippen molar-refractivity contribution in [1.29, 1.82) is 5.26 Å². The number of anilines is 1. The fourth-order valence-electron chi connectivity index (χ4n) is 2.93. The molecule has 9 heteroatoms. The van der Waals surface area contributed by atoms with Crippen LogP contribution in [0.15, 0.2) is 60.2 Å². The van der Waals surface area contributed by atoms with Crippen LogP contribution in [0.3, 0.4) is 0 Å². The Bertz CT molecular complexity index is 1270. The van der Waals surface area contributed by atoms with Gasteiger partial charge in [-0.15, -0.1) is 0 Å². The van der Waals surface area contributed by atoms with Crippen molar-refractivity contribution in [3.63, 3.8) is 0 Å². The van der Waals surface area contributed by atoms with E-state index >= 15 is 0 Å². The van der Waals surface area contributed by atoms with E-state index in [1.807, 2.05) is 13.0 Å². The lowest BCUT2D eigenvalue weighted by atomic mass is 10.1. The van der Waals surface area contributed by atoms with Crippen molar-refractivity contribution in [2.75, 3.05) is 11.9 Å². The van der Waals surface area contributed by atoms with Crippen LogP contribution >= 0.6 is 46.4 Å². The van der Waals surface area contributed by atoms with Gasteiger partial charge < -0.3 is 14.8 Å². The number of hydrogen-bond acceptors (Lipinski definition) is 4. The molecule has 3 aromatic carbocycles. The Morgan fingerprint density at radius 3 is 2.32 bits per heavy atom. The van der Waals surface area contributed by atoms with Crippen LogP contribution in [-0.2, 0) is 11.4 Å². The summed E-state index contributed by atoms with van der Waals surface area (Å²) in [6, 6.07) is 17.0. The second-order valence-corrected chi connectivity index (χ2v) is 8.45. The number of carbonyl (C=O) groups is 1. The van der Waals surface area contributed by atoms with Gasteiger partial charge in [-0.2, -0.15) is 5.26 Å². The van der Waals surface area contributed by atoms with Crippen molar-refractivity contribution in [2.45, 2.75) is 13.5 Å². The summed E-state index contributed by atoms with van der Waals surface area (Å²) in [7, 11) is 0. The second kappa shape index (κ2) is 12.0. The highest BCUT2D eigenvalue weighted by Crippen LogP contribution is 2.33. The zero-order valence-corrected chi connectivity index (χ0v) is 20.9. The first-order valence-electron chi connectivity index (χ1n) is 10.0. The lowest BCUT2D eigenvalue weighted by Crippen LogP contribution is -2.13. The number of carbonyl (C=O) groups excluding carboxylic acids is 1. The molecule has 0 aliphatic carbocycles. The Morgan fingerprint density at radius 2 is 1.65 bits per heavy atom. The van der Waals surface area contributed by atoms with Crippen LogP contribution in [0.5, 0.6) is 11.5 Å². The Labute approximate surface area is 217 Å². The molecule has 0 atom stereocenters. The van der Waals surface area contributed by atoms with Crippen LogP contribution in [0.25, 0.3) is 6.08 Å². The molecule has 0 aromatic heterocycles. The van der Waals surface area contributed by atoms with E-state index in [1.165, 1.54) is 6.08 Å². The molecular weight excluding hydrogens is 518 g/mol. The number of amides is 1. The van der Waals surface area contributed by atoms with Gasteiger partial charge in [0.05, 0.1) is 22.3 Å². The topological polar surface area (TPSA) is 71.3 Å². The smallest absolute Gasteiger partial charge is 0.266 e. The van der Waals surface area contributed by atoms with Crippen LogP contribution in [-0.4, -0.2) is 12.5 Å². The highest BCUT2D eigenvalue weighted by molar-refractivity contribution is 6.44. The number of benzene rings is 3. The van der Waals surface area contributed by atoms with Crippen molar-refractivity contribution in [2.24, 2.45) is 0 Å².